The first-order valence-corrected chi connectivity index (χ1v) is 6.72. The van der Waals surface area contributed by atoms with E-state index in [1.165, 1.54) is 36.0 Å². The zero-order valence-electron chi connectivity index (χ0n) is 12.0. The molecule has 0 bridgehead atoms. The Labute approximate surface area is 106 Å². The van der Waals surface area contributed by atoms with Crippen molar-refractivity contribution in [3.63, 3.8) is 0 Å². The maximum atomic E-state index is 5.49. The maximum Gasteiger partial charge on any atom is 0.122 e. The van der Waals surface area contributed by atoms with Crippen LogP contribution in [0, 0.1) is 19.8 Å². The summed E-state index contributed by atoms with van der Waals surface area (Å²) >= 11 is 0. The third-order valence-corrected chi connectivity index (χ3v) is 3.52. The lowest BCUT2D eigenvalue weighted by Crippen LogP contribution is -2.03. The fourth-order valence-corrected chi connectivity index (χ4v) is 2.23. The van der Waals surface area contributed by atoms with Gasteiger partial charge < -0.3 is 4.74 Å². The van der Waals surface area contributed by atoms with Crippen LogP contribution in [0.15, 0.2) is 12.1 Å². The minimum atomic E-state index is 0.742. The average Bonchev–Trinajstić information content (AvgIpc) is 2.31. The number of hydrogen-bond acceptors (Lipinski definition) is 1. The van der Waals surface area contributed by atoms with Gasteiger partial charge in [0.05, 0.1) is 7.11 Å². The Kier molecular flexibility index (Phi) is 5.54. The van der Waals surface area contributed by atoms with E-state index in [1.54, 1.807) is 7.11 Å². The standard InChI is InChI=1S/C16H26O/c1-6-7-8-12(2)9-15-10-13(3)14(4)11-16(15)17-5/h10-12H,6-9H2,1-5H3. The van der Waals surface area contributed by atoms with Gasteiger partial charge in [-0.2, -0.15) is 0 Å². The lowest BCUT2D eigenvalue weighted by atomic mass is 9.93. The van der Waals surface area contributed by atoms with Crippen molar-refractivity contribution < 1.29 is 4.74 Å². The molecule has 1 unspecified atom stereocenters. The topological polar surface area (TPSA) is 9.23 Å². The number of aryl methyl sites for hydroxylation is 2. The second-order valence-electron chi connectivity index (χ2n) is 5.20. The van der Waals surface area contributed by atoms with Gasteiger partial charge in [-0.05, 0) is 48.9 Å². The molecular weight excluding hydrogens is 208 g/mol. The minimum absolute atomic E-state index is 0.742. The predicted molar refractivity (Wildman–Crippen MR) is 74.9 cm³/mol. The van der Waals surface area contributed by atoms with Gasteiger partial charge in [-0.15, -0.1) is 0 Å². The van der Waals surface area contributed by atoms with Crippen molar-refractivity contribution in [3.05, 3.63) is 28.8 Å². The smallest absolute Gasteiger partial charge is 0.122 e. The van der Waals surface area contributed by atoms with Gasteiger partial charge in [0.25, 0.3) is 0 Å². The summed E-state index contributed by atoms with van der Waals surface area (Å²) in [5, 5.41) is 0. The Morgan fingerprint density at radius 3 is 2.41 bits per heavy atom. The Bertz CT molecular complexity index is 355. The molecular formula is C16H26O. The molecule has 0 aliphatic carbocycles. The van der Waals surface area contributed by atoms with Crippen LogP contribution in [0.25, 0.3) is 0 Å². The lowest BCUT2D eigenvalue weighted by Gasteiger charge is -2.15. The van der Waals surface area contributed by atoms with E-state index in [9.17, 15) is 0 Å². The van der Waals surface area contributed by atoms with Gasteiger partial charge in [0.15, 0.2) is 0 Å². The van der Waals surface area contributed by atoms with E-state index in [1.807, 2.05) is 0 Å². The van der Waals surface area contributed by atoms with E-state index in [-0.39, 0.29) is 0 Å². The summed E-state index contributed by atoms with van der Waals surface area (Å²) in [5.74, 6) is 1.79. The van der Waals surface area contributed by atoms with E-state index in [4.69, 9.17) is 4.74 Å². The lowest BCUT2D eigenvalue weighted by molar-refractivity contribution is 0.402. The monoisotopic (exact) mass is 234 g/mol. The van der Waals surface area contributed by atoms with Crippen LogP contribution in [-0.4, -0.2) is 7.11 Å². The van der Waals surface area contributed by atoms with Crippen LogP contribution in [0.5, 0.6) is 5.75 Å². The molecule has 1 nitrogen and oxygen atoms in total. The van der Waals surface area contributed by atoms with Gasteiger partial charge in [-0.1, -0.05) is 39.2 Å². The van der Waals surface area contributed by atoms with Crippen molar-refractivity contribution in [2.24, 2.45) is 5.92 Å². The van der Waals surface area contributed by atoms with Gasteiger partial charge >= 0.3 is 0 Å². The zero-order chi connectivity index (χ0) is 12.8. The molecule has 0 aromatic heterocycles. The summed E-state index contributed by atoms with van der Waals surface area (Å²) in [6.45, 7) is 8.91. The Hall–Kier alpha value is -0.980. The third-order valence-electron chi connectivity index (χ3n) is 3.52. The molecule has 0 saturated carbocycles. The first-order chi connectivity index (χ1) is 8.08. The molecule has 0 heterocycles. The Morgan fingerprint density at radius 2 is 1.82 bits per heavy atom. The molecule has 0 spiro atoms. The van der Waals surface area contributed by atoms with E-state index in [2.05, 4.69) is 39.8 Å². The molecule has 0 aliphatic heterocycles. The second-order valence-corrected chi connectivity index (χ2v) is 5.20. The number of methoxy groups -OCH3 is 1. The minimum Gasteiger partial charge on any atom is -0.496 e. The van der Waals surface area contributed by atoms with Crippen molar-refractivity contribution >= 4 is 0 Å². The average molecular weight is 234 g/mol. The van der Waals surface area contributed by atoms with Crippen LogP contribution < -0.4 is 4.74 Å². The second kappa shape index (κ2) is 6.68. The normalized spacial score (nSPS) is 12.5. The van der Waals surface area contributed by atoms with Crippen LogP contribution in [-0.2, 0) is 6.42 Å². The molecule has 0 amide bonds. The SMILES string of the molecule is CCCCC(C)Cc1cc(C)c(C)cc1OC. The number of ether oxygens (including phenoxy) is 1. The molecule has 1 aromatic rings. The highest BCUT2D eigenvalue weighted by molar-refractivity contribution is 5.41. The van der Waals surface area contributed by atoms with Crippen LogP contribution in [0.4, 0.5) is 0 Å². The first kappa shape index (κ1) is 14.1. The Balaban J connectivity index is 2.78. The van der Waals surface area contributed by atoms with Crippen molar-refractivity contribution in [1.82, 2.24) is 0 Å². The number of unbranched alkanes of at least 4 members (excludes halogenated alkanes) is 1. The van der Waals surface area contributed by atoms with Crippen molar-refractivity contribution in [1.29, 1.82) is 0 Å². The Morgan fingerprint density at radius 1 is 1.18 bits per heavy atom. The molecule has 1 aromatic carbocycles. The van der Waals surface area contributed by atoms with Crippen LogP contribution >= 0.6 is 0 Å². The summed E-state index contributed by atoms with van der Waals surface area (Å²) in [7, 11) is 1.77. The molecule has 0 radical (unpaired) electrons. The maximum absolute atomic E-state index is 5.49. The summed E-state index contributed by atoms with van der Waals surface area (Å²) < 4.78 is 5.49. The summed E-state index contributed by atoms with van der Waals surface area (Å²) in [5.41, 5.74) is 4.04. The number of benzene rings is 1. The van der Waals surface area contributed by atoms with E-state index in [0.717, 1.165) is 18.1 Å². The molecule has 0 aliphatic rings. The van der Waals surface area contributed by atoms with Crippen molar-refractivity contribution in [3.8, 4) is 5.75 Å². The molecule has 1 atom stereocenters. The largest absolute Gasteiger partial charge is 0.496 e. The summed E-state index contributed by atoms with van der Waals surface area (Å²) in [6.07, 6.45) is 5.06. The zero-order valence-corrected chi connectivity index (χ0v) is 12.0. The quantitative estimate of drug-likeness (QED) is 0.694. The van der Waals surface area contributed by atoms with Crippen LogP contribution in [0.1, 0.15) is 49.8 Å². The van der Waals surface area contributed by atoms with Crippen LogP contribution in [0.3, 0.4) is 0 Å². The van der Waals surface area contributed by atoms with E-state index >= 15 is 0 Å². The van der Waals surface area contributed by atoms with Crippen molar-refractivity contribution in [2.45, 2.75) is 53.4 Å². The number of rotatable bonds is 6. The third kappa shape index (κ3) is 4.07. The van der Waals surface area contributed by atoms with Gasteiger partial charge in [-0.3, -0.25) is 0 Å². The molecule has 1 heteroatoms. The fourth-order valence-electron chi connectivity index (χ4n) is 2.23. The van der Waals surface area contributed by atoms with E-state index in [0.29, 0.717) is 0 Å². The number of hydrogen-bond donors (Lipinski definition) is 0. The first-order valence-electron chi connectivity index (χ1n) is 6.72. The molecule has 0 fully saturated rings. The van der Waals surface area contributed by atoms with Crippen LogP contribution in [0.2, 0.25) is 0 Å². The fraction of sp³-hybridized carbons (Fsp3) is 0.625. The molecule has 1 rings (SSSR count). The summed E-state index contributed by atoms with van der Waals surface area (Å²) in [4.78, 5) is 0. The van der Waals surface area contributed by atoms with Gasteiger partial charge in [0, 0.05) is 0 Å². The van der Waals surface area contributed by atoms with Gasteiger partial charge in [0.1, 0.15) is 5.75 Å². The molecule has 17 heavy (non-hydrogen) atoms. The van der Waals surface area contributed by atoms with Gasteiger partial charge in [0.2, 0.25) is 0 Å². The predicted octanol–water partition coefficient (Wildman–Crippen LogP) is 4.68. The summed E-state index contributed by atoms with van der Waals surface area (Å²) in [6, 6.07) is 4.45. The van der Waals surface area contributed by atoms with Crippen molar-refractivity contribution in [2.75, 3.05) is 7.11 Å². The molecule has 96 valence electrons. The molecule has 0 N–H and O–H groups in total. The van der Waals surface area contributed by atoms with E-state index < -0.39 is 0 Å². The molecule has 0 saturated heterocycles. The highest BCUT2D eigenvalue weighted by atomic mass is 16.5. The highest BCUT2D eigenvalue weighted by Gasteiger charge is 2.10. The van der Waals surface area contributed by atoms with Gasteiger partial charge in [-0.25, -0.2) is 0 Å². The highest BCUT2D eigenvalue weighted by Crippen LogP contribution is 2.26.